The third-order valence-electron chi connectivity index (χ3n) is 2.95. The summed E-state index contributed by atoms with van der Waals surface area (Å²) in [6, 6.07) is 6.38. The van der Waals surface area contributed by atoms with E-state index in [4.69, 9.17) is 5.11 Å². The molecule has 0 aliphatic carbocycles. The van der Waals surface area contributed by atoms with Gasteiger partial charge in [0, 0.05) is 19.0 Å². The first kappa shape index (κ1) is 16.5. The van der Waals surface area contributed by atoms with Gasteiger partial charge >= 0.3 is 12.1 Å². The predicted molar refractivity (Wildman–Crippen MR) is 69.6 cm³/mol. The third-order valence-corrected chi connectivity index (χ3v) is 2.95. The zero-order valence-corrected chi connectivity index (χ0v) is 11.2. The summed E-state index contributed by atoms with van der Waals surface area (Å²) in [5.41, 5.74) is 1.12. The van der Waals surface area contributed by atoms with Crippen LogP contribution < -0.4 is 5.32 Å². The van der Waals surface area contributed by atoms with E-state index in [0.717, 1.165) is 5.56 Å². The Labute approximate surface area is 115 Å². The SMILES string of the molecule is CC(CCCC(F)(F)F)NCc1ccc(C(=O)O)cc1. The molecule has 0 spiro atoms. The molecule has 0 aliphatic heterocycles. The minimum Gasteiger partial charge on any atom is -0.478 e. The fraction of sp³-hybridized carbons (Fsp3) is 0.500. The summed E-state index contributed by atoms with van der Waals surface area (Å²) in [6.07, 6.45) is -4.29. The topological polar surface area (TPSA) is 49.3 Å². The molecular formula is C14H18F3NO2. The first-order valence-electron chi connectivity index (χ1n) is 6.40. The van der Waals surface area contributed by atoms with Crippen LogP contribution in [0, 0.1) is 0 Å². The summed E-state index contributed by atoms with van der Waals surface area (Å²) in [7, 11) is 0. The number of aromatic carboxylic acids is 1. The molecule has 20 heavy (non-hydrogen) atoms. The Morgan fingerprint density at radius 1 is 1.30 bits per heavy atom. The van der Waals surface area contributed by atoms with Gasteiger partial charge in [0.15, 0.2) is 0 Å². The molecule has 1 aromatic carbocycles. The molecule has 1 unspecified atom stereocenters. The molecule has 0 saturated heterocycles. The van der Waals surface area contributed by atoms with Crippen molar-refractivity contribution in [1.29, 1.82) is 0 Å². The summed E-state index contributed by atoms with van der Waals surface area (Å²) in [5, 5.41) is 11.9. The number of halogens is 3. The normalized spacial score (nSPS) is 13.2. The summed E-state index contributed by atoms with van der Waals surface area (Å²) in [6.45, 7) is 2.34. The second-order valence-electron chi connectivity index (χ2n) is 4.79. The van der Waals surface area contributed by atoms with Crippen LogP contribution in [0.2, 0.25) is 0 Å². The van der Waals surface area contributed by atoms with Crippen molar-refractivity contribution in [3.63, 3.8) is 0 Å². The molecule has 112 valence electrons. The Kier molecular flexibility index (Phi) is 6.01. The van der Waals surface area contributed by atoms with Crippen LogP contribution in [0.1, 0.15) is 42.1 Å². The van der Waals surface area contributed by atoms with E-state index >= 15 is 0 Å². The highest BCUT2D eigenvalue weighted by atomic mass is 19.4. The van der Waals surface area contributed by atoms with Crippen molar-refractivity contribution in [2.24, 2.45) is 0 Å². The highest BCUT2D eigenvalue weighted by Gasteiger charge is 2.26. The van der Waals surface area contributed by atoms with Crippen LogP contribution in [0.4, 0.5) is 13.2 Å². The van der Waals surface area contributed by atoms with Gasteiger partial charge < -0.3 is 10.4 Å². The van der Waals surface area contributed by atoms with Gasteiger partial charge in [-0.3, -0.25) is 0 Å². The Bertz CT molecular complexity index is 429. The fourth-order valence-corrected chi connectivity index (χ4v) is 1.77. The molecule has 0 radical (unpaired) electrons. The molecule has 6 heteroatoms. The number of alkyl halides is 3. The second kappa shape index (κ2) is 7.28. The Balaban J connectivity index is 2.30. The van der Waals surface area contributed by atoms with Crippen molar-refractivity contribution in [2.75, 3.05) is 0 Å². The van der Waals surface area contributed by atoms with E-state index in [1.165, 1.54) is 12.1 Å². The van der Waals surface area contributed by atoms with Crippen molar-refractivity contribution in [1.82, 2.24) is 5.32 Å². The summed E-state index contributed by atoms with van der Waals surface area (Å²) >= 11 is 0. The summed E-state index contributed by atoms with van der Waals surface area (Å²) in [5.74, 6) is -0.981. The van der Waals surface area contributed by atoms with E-state index in [1.54, 1.807) is 12.1 Å². The quantitative estimate of drug-likeness (QED) is 0.806. The zero-order chi connectivity index (χ0) is 15.2. The number of carboxylic acid groups (broad SMARTS) is 1. The largest absolute Gasteiger partial charge is 0.478 e. The van der Waals surface area contributed by atoms with Crippen molar-refractivity contribution >= 4 is 5.97 Å². The van der Waals surface area contributed by atoms with Gasteiger partial charge in [-0.15, -0.1) is 0 Å². The zero-order valence-electron chi connectivity index (χ0n) is 11.2. The number of carboxylic acids is 1. The van der Waals surface area contributed by atoms with Crippen LogP contribution in [0.5, 0.6) is 0 Å². The van der Waals surface area contributed by atoms with Crippen LogP contribution in [0.3, 0.4) is 0 Å². The molecule has 2 N–H and O–H groups in total. The lowest BCUT2D eigenvalue weighted by Crippen LogP contribution is -2.25. The maximum Gasteiger partial charge on any atom is 0.389 e. The average molecular weight is 289 g/mol. The maximum absolute atomic E-state index is 12.0. The molecule has 1 atom stereocenters. The van der Waals surface area contributed by atoms with Crippen LogP contribution in [-0.4, -0.2) is 23.3 Å². The van der Waals surface area contributed by atoms with Crippen LogP contribution >= 0.6 is 0 Å². The highest BCUT2D eigenvalue weighted by Crippen LogP contribution is 2.22. The number of nitrogens with one attached hydrogen (secondary N) is 1. The number of hydrogen-bond acceptors (Lipinski definition) is 2. The molecular weight excluding hydrogens is 271 g/mol. The fourth-order valence-electron chi connectivity index (χ4n) is 1.77. The first-order valence-corrected chi connectivity index (χ1v) is 6.40. The Morgan fingerprint density at radius 2 is 1.90 bits per heavy atom. The molecule has 0 bridgehead atoms. The van der Waals surface area contributed by atoms with E-state index in [1.807, 2.05) is 6.92 Å². The van der Waals surface area contributed by atoms with Gasteiger partial charge in [0.1, 0.15) is 0 Å². The molecule has 0 heterocycles. The van der Waals surface area contributed by atoms with Crippen molar-refractivity contribution < 1.29 is 23.1 Å². The lowest BCUT2D eigenvalue weighted by Gasteiger charge is -2.14. The number of hydrogen-bond donors (Lipinski definition) is 2. The molecule has 0 aromatic heterocycles. The van der Waals surface area contributed by atoms with E-state index in [2.05, 4.69) is 5.32 Å². The van der Waals surface area contributed by atoms with Crippen LogP contribution in [-0.2, 0) is 6.54 Å². The van der Waals surface area contributed by atoms with Gasteiger partial charge in [-0.2, -0.15) is 13.2 Å². The summed E-state index contributed by atoms with van der Waals surface area (Å²) < 4.78 is 36.0. The maximum atomic E-state index is 12.0. The minimum atomic E-state index is -4.09. The summed E-state index contributed by atoms with van der Waals surface area (Å²) in [4.78, 5) is 10.7. The molecule has 1 aromatic rings. The van der Waals surface area contributed by atoms with Gasteiger partial charge in [-0.1, -0.05) is 12.1 Å². The molecule has 0 aliphatic rings. The molecule has 3 nitrogen and oxygen atoms in total. The first-order chi connectivity index (χ1) is 9.28. The third kappa shape index (κ3) is 6.56. The Hall–Kier alpha value is -1.56. The van der Waals surface area contributed by atoms with Gasteiger partial charge in [0.25, 0.3) is 0 Å². The number of benzene rings is 1. The van der Waals surface area contributed by atoms with E-state index < -0.39 is 18.6 Å². The van der Waals surface area contributed by atoms with Gasteiger partial charge in [0.05, 0.1) is 5.56 Å². The monoisotopic (exact) mass is 289 g/mol. The predicted octanol–water partition coefficient (Wildman–Crippen LogP) is 3.60. The number of rotatable bonds is 7. The second-order valence-corrected chi connectivity index (χ2v) is 4.79. The molecule has 1 rings (SSSR count). The lowest BCUT2D eigenvalue weighted by atomic mass is 10.1. The van der Waals surface area contributed by atoms with Crippen LogP contribution in [0.25, 0.3) is 0 Å². The van der Waals surface area contributed by atoms with E-state index in [9.17, 15) is 18.0 Å². The van der Waals surface area contributed by atoms with Crippen molar-refractivity contribution in [3.05, 3.63) is 35.4 Å². The average Bonchev–Trinajstić information content (AvgIpc) is 2.35. The molecule has 0 amide bonds. The highest BCUT2D eigenvalue weighted by molar-refractivity contribution is 5.87. The van der Waals surface area contributed by atoms with Gasteiger partial charge in [-0.25, -0.2) is 4.79 Å². The van der Waals surface area contributed by atoms with Crippen LogP contribution in [0.15, 0.2) is 24.3 Å². The molecule has 0 fully saturated rings. The van der Waals surface area contributed by atoms with Gasteiger partial charge in [0.2, 0.25) is 0 Å². The number of carbonyl (C=O) groups is 1. The molecule has 0 saturated carbocycles. The van der Waals surface area contributed by atoms with E-state index in [0.29, 0.717) is 13.0 Å². The smallest absolute Gasteiger partial charge is 0.389 e. The van der Waals surface area contributed by atoms with E-state index in [-0.39, 0.29) is 18.0 Å². The van der Waals surface area contributed by atoms with Crippen molar-refractivity contribution in [2.45, 2.75) is 44.9 Å². The van der Waals surface area contributed by atoms with Gasteiger partial charge in [-0.05, 0) is 37.5 Å². The van der Waals surface area contributed by atoms with Crippen molar-refractivity contribution in [3.8, 4) is 0 Å². The lowest BCUT2D eigenvalue weighted by molar-refractivity contribution is -0.135. The Morgan fingerprint density at radius 3 is 2.40 bits per heavy atom. The minimum absolute atomic E-state index is 0.0171. The standard InChI is InChI=1S/C14H18F3NO2/c1-10(3-2-8-14(15,16)17)18-9-11-4-6-12(7-5-11)13(19)20/h4-7,10,18H,2-3,8-9H2,1H3,(H,19,20).